The molecule has 1 atom stereocenters. The molecule has 1 spiro atoms. The number of fused-ring (bicyclic) bond motifs is 4. The highest BCUT2D eigenvalue weighted by molar-refractivity contribution is 5.68. The first kappa shape index (κ1) is 19.1. The topological polar surface area (TPSA) is 86.0 Å². The number of ether oxygens (including phenoxy) is 1. The predicted octanol–water partition coefficient (Wildman–Crippen LogP) is 3.73. The van der Waals surface area contributed by atoms with Crippen LogP contribution in [0.2, 0.25) is 0 Å². The number of aromatic nitrogens is 3. The lowest BCUT2D eigenvalue weighted by Crippen LogP contribution is -2.34. The number of pyridine rings is 1. The number of nitrogens with two attached hydrogens (primary N) is 1. The lowest BCUT2D eigenvalue weighted by atomic mass is 9.73. The second-order valence-corrected chi connectivity index (χ2v) is 8.90. The first-order valence-corrected chi connectivity index (χ1v) is 10.2. The Morgan fingerprint density at radius 3 is 2.68 bits per heavy atom. The summed E-state index contributed by atoms with van der Waals surface area (Å²) in [6.07, 6.45) is 8.93. The summed E-state index contributed by atoms with van der Waals surface area (Å²) in [6, 6.07) is 8.11. The summed E-state index contributed by atoms with van der Waals surface area (Å²) < 4.78 is 6.20. The molecule has 154 valence electrons. The molecule has 1 aromatic carbocycles. The third-order valence-corrected chi connectivity index (χ3v) is 5.41. The smallest absolute Gasteiger partial charge is 0.223 e. The van der Waals surface area contributed by atoms with Crippen molar-refractivity contribution in [2.45, 2.75) is 26.2 Å². The summed E-state index contributed by atoms with van der Waals surface area (Å²) in [7, 11) is 0. The van der Waals surface area contributed by atoms with E-state index in [1.807, 2.05) is 12.1 Å². The van der Waals surface area contributed by atoms with Gasteiger partial charge in [0.05, 0.1) is 23.1 Å². The Balaban J connectivity index is 1.69. The molecular formula is C25H23N5O. The zero-order valence-corrected chi connectivity index (χ0v) is 17.7. The molecule has 6 nitrogen and oxygen atoms in total. The molecule has 3 N–H and O–H groups in total. The molecule has 0 saturated carbocycles. The third kappa shape index (κ3) is 3.38. The zero-order valence-electron chi connectivity index (χ0n) is 17.7. The van der Waals surface area contributed by atoms with Crippen molar-refractivity contribution in [2.24, 2.45) is 11.1 Å². The fourth-order valence-electron chi connectivity index (χ4n) is 3.96. The van der Waals surface area contributed by atoms with Crippen LogP contribution in [0.4, 0.5) is 0 Å². The minimum Gasteiger partial charge on any atom is -0.438 e. The van der Waals surface area contributed by atoms with Crippen LogP contribution in [0.1, 0.15) is 37.5 Å². The molecule has 0 amide bonds. The molecule has 4 heterocycles. The van der Waals surface area contributed by atoms with Crippen LogP contribution in [0, 0.1) is 17.3 Å². The lowest BCUT2D eigenvalue weighted by molar-refractivity contribution is 0.407. The highest BCUT2D eigenvalue weighted by Crippen LogP contribution is 2.50. The summed E-state index contributed by atoms with van der Waals surface area (Å²) in [5.41, 5.74) is 10.2. The van der Waals surface area contributed by atoms with E-state index >= 15 is 0 Å². The highest BCUT2D eigenvalue weighted by atomic mass is 16.5. The largest absolute Gasteiger partial charge is 0.438 e. The van der Waals surface area contributed by atoms with Crippen LogP contribution in [-0.4, -0.2) is 21.5 Å². The molecule has 0 aliphatic carbocycles. The van der Waals surface area contributed by atoms with Gasteiger partial charge in [0, 0.05) is 52.8 Å². The van der Waals surface area contributed by atoms with Gasteiger partial charge in [0.15, 0.2) is 0 Å². The molecule has 2 aliphatic heterocycles. The van der Waals surface area contributed by atoms with Gasteiger partial charge in [-0.25, -0.2) is 4.98 Å². The Morgan fingerprint density at radius 1 is 1.10 bits per heavy atom. The summed E-state index contributed by atoms with van der Waals surface area (Å²) in [4.78, 5) is 13.2. The molecule has 0 saturated heterocycles. The van der Waals surface area contributed by atoms with Gasteiger partial charge in [0.25, 0.3) is 0 Å². The Kier molecular flexibility index (Phi) is 4.23. The first-order chi connectivity index (χ1) is 14.8. The Hall–Kier alpha value is -3.85. The quantitative estimate of drug-likeness (QED) is 0.596. The van der Waals surface area contributed by atoms with Gasteiger partial charge in [-0.3, -0.25) is 9.97 Å². The van der Waals surface area contributed by atoms with Gasteiger partial charge in [0.2, 0.25) is 5.88 Å². The standard InChI is InChI=1S/C25H23N5O/c1-24(2,3)7-6-16-10-19-23(29-13-16)31-21-5-4-17(20-14-27-8-9-28-20)11-18(21)25(19)12-22(26)30-15-25/h4-5,8-14,30H,15,26H2,1-3H3/t25-/m0/s1. The average Bonchev–Trinajstić information content (AvgIpc) is 3.15. The van der Waals surface area contributed by atoms with E-state index < -0.39 is 5.41 Å². The minimum absolute atomic E-state index is 0.0957. The molecule has 3 aromatic rings. The van der Waals surface area contributed by atoms with E-state index in [2.05, 4.69) is 71.1 Å². The van der Waals surface area contributed by atoms with Crippen molar-refractivity contribution in [1.82, 2.24) is 20.3 Å². The monoisotopic (exact) mass is 409 g/mol. The van der Waals surface area contributed by atoms with E-state index in [4.69, 9.17) is 10.5 Å². The third-order valence-electron chi connectivity index (χ3n) is 5.41. The maximum atomic E-state index is 6.20. The van der Waals surface area contributed by atoms with Gasteiger partial charge < -0.3 is 15.8 Å². The van der Waals surface area contributed by atoms with Crippen LogP contribution in [0.3, 0.4) is 0 Å². The summed E-state index contributed by atoms with van der Waals surface area (Å²) in [6.45, 7) is 6.88. The second kappa shape index (κ2) is 6.85. The molecule has 31 heavy (non-hydrogen) atoms. The number of nitrogens with one attached hydrogen (secondary N) is 1. The van der Waals surface area contributed by atoms with Crippen LogP contribution in [0.15, 0.2) is 60.9 Å². The van der Waals surface area contributed by atoms with Crippen LogP contribution >= 0.6 is 0 Å². The molecule has 6 heteroatoms. The van der Waals surface area contributed by atoms with E-state index in [-0.39, 0.29) is 5.41 Å². The predicted molar refractivity (Wildman–Crippen MR) is 119 cm³/mol. The molecule has 0 fully saturated rings. The second-order valence-electron chi connectivity index (χ2n) is 8.90. The summed E-state index contributed by atoms with van der Waals surface area (Å²) in [5, 5.41) is 3.29. The van der Waals surface area contributed by atoms with Gasteiger partial charge in [0.1, 0.15) is 5.75 Å². The van der Waals surface area contributed by atoms with Crippen LogP contribution in [0.25, 0.3) is 11.3 Å². The number of nitrogens with zero attached hydrogens (tertiary/aromatic N) is 3. The van der Waals surface area contributed by atoms with Crippen molar-refractivity contribution in [3.63, 3.8) is 0 Å². The van der Waals surface area contributed by atoms with Crippen molar-refractivity contribution in [2.75, 3.05) is 6.54 Å². The maximum Gasteiger partial charge on any atom is 0.223 e. The molecule has 2 aromatic heterocycles. The van der Waals surface area contributed by atoms with Crippen molar-refractivity contribution < 1.29 is 4.74 Å². The van der Waals surface area contributed by atoms with Gasteiger partial charge in [-0.1, -0.05) is 11.8 Å². The van der Waals surface area contributed by atoms with Gasteiger partial charge in [-0.2, -0.15) is 0 Å². The van der Waals surface area contributed by atoms with Gasteiger partial charge >= 0.3 is 0 Å². The van der Waals surface area contributed by atoms with Crippen molar-refractivity contribution in [1.29, 1.82) is 0 Å². The van der Waals surface area contributed by atoms with E-state index in [0.29, 0.717) is 18.2 Å². The normalized spacial score (nSPS) is 18.7. The van der Waals surface area contributed by atoms with Crippen LogP contribution in [-0.2, 0) is 5.41 Å². The minimum atomic E-state index is -0.502. The SMILES string of the molecule is CC(C)(C)C#Cc1cnc2c(c1)[C@]1(C=C(N)NC1)c1cc(-c3cnccn3)ccc1O2. The lowest BCUT2D eigenvalue weighted by Gasteiger charge is -2.35. The zero-order chi connectivity index (χ0) is 21.6. The molecule has 5 rings (SSSR count). The molecule has 2 aliphatic rings. The summed E-state index contributed by atoms with van der Waals surface area (Å²) in [5.74, 6) is 8.51. The number of hydrogen-bond donors (Lipinski definition) is 2. The number of rotatable bonds is 1. The molecular weight excluding hydrogens is 386 g/mol. The van der Waals surface area contributed by atoms with Crippen molar-refractivity contribution in [3.05, 3.63) is 77.6 Å². The van der Waals surface area contributed by atoms with E-state index in [9.17, 15) is 0 Å². The fraction of sp³-hybridized carbons (Fsp3) is 0.240. The fourth-order valence-corrected chi connectivity index (χ4v) is 3.96. The summed E-state index contributed by atoms with van der Waals surface area (Å²) >= 11 is 0. The number of benzene rings is 1. The van der Waals surface area contributed by atoms with Gasteiger partial charge in [-0.05, 0) is 51.1 Å². The molecule has 0 bridgehead atoms. The highest BCUT2D eigenvalue weighted by Gasteiger charge is 2.44. The first-order valence-electron chi connectivity index (χ1n) is 10.2. The Morgan fingerprint density at radius 2 is 1.97 bits per heavy atom. The van der Waals surface area contributed by atoms with E-state index in [1.54, 1.807) is 24.8 Å². The van der Waals surface area contributed by atoms with Crippen LogP contribution < -0.4 is 15.8 Å². The molecule has 0 unspecified atom stereocenters. The molecule has 0 radical (unpaired) electrons. The van der Waals surface area contributed by atoms with Gasteiger partial charge in [-0.15, -0.1) is 0 Å². The van der Waals surface area contributed by atoms with Crippen LogP contribution in [0.5, 0.6) is 11.6 Å². The van der Waals surface area contributed by atoms with Crippen molar-refractivity contribution in [3.8, 4) is 34.7 Å². The Bertz CT molecular complexity index is 1260. The number of hydrogen-bond acceptors (Lipinski definition) is 6. The van der Waals surface area contributed by atoms with E-state index in [1.165, 1.54) is 0 Å². The van der Waals surface area contributed by atoms with E-state index in [0.717, 1.165) is 33.7 Å². The maximum absolute atomic E-state index is 6.20. The van der Waals surface area contributed by atoms with Crippen molar-refractivity contribution >= 4 is 0 Å². The average molecular weight is 409 g/mol. The Labute approximate surface area is 181 Å².